The summed E-state index contributed by atoms with van der Waals surface area (Å²) in [5.41, 5.74) is 8.09. The monoisotopic (exact) mass is 491 g/mol. The van der Waals surface area contributed by atoms with Crippen LogP contribution in [-0.2, 0) is 4.74 Å². The van der Waals surface area contributed by atoms with Crippen molar-refractivity contribution in [3.8, 4) is 16.9 Å². The summed E-state index contributed by atoms with van der Waals surface area (Å²) in [5, 5.41) is 8.19. The Morgan fingerprint density at radius 2 is 2.12 bits per heavy atom. The fraction of sp³-hybridized carbons (Fsp3) is 0.391. The van der Waals surface area contributed by atoms with Crippen LogP contribution in [0.15, 0.2) is 36.8 Å². The summed E-state index contributed by atoms with van der Waals surface area (Å²) >= 11 is 12.4. The van der Waals surface area contributed by atoms with Gasteiger partial charge in [-0.05, 0) is 31.5 Å². The molecule has 0 saturated carbocycles. The van der Waals surface area contributed by atoms with Gasteiger partial charge in [-0.3, -0.25) is 4.68 Å². The van der Waals surface area contributed by atoms with Gasteiger partial charge in [-0.15, -0.1) is 0 Å². The van der Waals surface area contributed by atoms with E-state index in [0.717, 1.165) is 30.6 Å². The van der Waals surface area contributed by atoms with Gasteiger partial charge in [0.25, 0.3) is 0 Å². The van der Waals surface area contributed by atoms with Crippen molar-refractivity contribution >= 4 is 29.0 Å². The van der Waals surface area contributed by atoms with Crippen molar-refractivity contribution in [2.75, 3.05) is 25.4 Å². The van der Waals surface area contributed by atoms with E-state index in [1.165, 1.54) is 12.1 Å². The van der Waals surface area contributed by atoms with Crippen molar-refractivity contribution in [1.82, 2.24) is 20.1 Å². The van der Waals surface area contributed by atoms with E-state index < -0.39 is 11.9 Å². The largest absolute Gasteiger partial charge is 0.482 e. The maximum Gasteiger partial charge on any atom is 0.166 e. The number of hydrogen-bond acceptors (Lipinski definition) is 6. The van der Waals surface area contributed by atoms with Crippen molar-refractivity contribution in [2.45, 2.75) is 31.6 Å². The Morgan fingerprint density at radius 1 is 1.27 bits per heavy atom. The number of halogens is 3. The van der Waals surface area contributed by atoms with Gasteiger partial charge in [0.2, 0.25) is 0 Å². The molecule has 33 heavy (non-hydrogen) atoms. The van der Waals surface area contributed by atoms with Crippen LogP contribution in [0, 0.1) is 11.7 Å². The van der Waals surface area contributed by atoms with E-state index >= 15 is 0 Å². The van der Waals surface area contributed by atoms with E-state index in [4.69, 9.17) is 38.4 Å². The first kappa shape index (κ1) is 22.4. The molecule has 4 heterocycles. The number of ether oxygens (including phenoxy) is 2. The van der Waals surface area contributed by atoms with Gasteiger partial charge >= 0.3 is 0 Å². The molecular formula is C23H24Cl2FN5O2. The molecule has 7 nitrogen and oxygen atoms in total. The van der Waals surface area contributed by atoms with Crippen LogP contribution in [0.25, 0.3) is 11.1 Å². The van der Waals surface area contributed by atoms with Crippen molar-refractivity contribution < 1.29 is 13.9 Å². The number of nitrogens with one attached hydrogen (secondary N) is 1. The second-order valence-corrected chi connectivity index (χ2v) is 9.30. The summed E-state index contributed by atoms with van der Waals surface area (Å²) in [6.07, 6.45) is 6.14. The highest BCUT2D eigenvalue weighted by molar-refractivity contribution is 6.36. The third-order valence-corrected chi connectivity index (χ3v) is 7.05. The molecule has 2 aromatic heterocycles. The lowest BCUT2D eigenvalue weighted by molar-refractivity contribution is -0.0302. The first-order valence-electron chi connectivity index (χ1n) is 10.8. The van der Waals surface area contributed by atoms with E-state index in [0.29, 0.717) is 35.0 Å². The average molecular weight is 492 g/mol. The number of nitrogens with zero attached hydrogens (tertiary/aromatic N) is 3. The summed E-state index contributed by atoms with van der Waals surface area (Å²) in [6, 6.07) is 4.64. The highest BCUT2D eigenvalue weighted by atomic mass is 35.5. The SMILES string of the molecule is C[C@@H](Oc1cc(-c2cnn(C3COC4CNCC4C3)c2)cnc1N)c1c(Cl)ccc(F)c1Cl. The Morgan fingerprint density at radius 3 is 2.97 bits per heavy atom. The van der Waals surface area contributed by atoms with Crippen molar-refractivity contribution in [2.24, 2.45) is 5.92 Å². The summed E-state index contributed by atoms with van der Waals surface area (Å²) in [6.45, 7) is 4.28. The lowest BCUT2D eigenvalue weighted by atomic mass is 9.94. The van der Waals surface area contributed by atoms with Crippen LogP contribution in [0.5, 0.6) is 5.75 Å². The van der Waals surface area contributed by atoms with Gasteiger partial charge in [-0.25, -0.2) is 9.37 Å². The molecule has 2 fully saturated rings. The molecule has 174 valence electrons. The molecular weight excluding hydrogens is 468 g/mol. The molecule has 1 aromatic carbocycles. The molecule has 3 aromatic rings. The summed E-state index contributed by atoms with van der Waals surface area (Å²) in [5.74, 6) is 0.509. The van der Waals surface area contributed by atoms with E-state index in [1.807, 2.05) is 10.9 Å². The first-order valence-corrected chi connectivity index (χ1v) is 11.6. The van der Waals surface area contributed by atoms with E-state index in [1.54, 1.807) is 25.4 Å². The van der Waals surface area contributed by atoms with Gasteiger partial charge in [0.15, 0.2) is 11.6 Å². The number of benzene rings is 1. The van der Waals surface area contributed by atoms with E-state index in [2.05, 4.69) is 15.4 Å². The van der Waals surface area contributed by atoms with Crippen LogP contribution >= 0.6 is 23.2 Å². The standard InChI is InChI=1S/C23H24Cl2FN5O2/c1-12(21-17(24)2-3-18(26)22(21)25)33-19-5-13(7-29-23(19)27)15-8-30-31(10-15)16-4-14-6-28-9-20(14)32-11-16/h2-3,5,7-8,10,12,14,16,20,28H,4,6,9,11H2,1H3,(H2,27,29)/t12-,14?,16?,20?/m1/s1. The lowest BCUT2D eigenvalue weighted by Gasteiger charge is -2.31. The Labute approximate surface area is 201 Å². The molecule has 4 atom stereocenters. The molecule has 3 N–H and O–H groups in total. The molecule has 5 rings (SSSR count). The number of aromatic nitrogens is 3. The fourth-order valence-corrected chi connectivity index (χ4v) is 5.21. The van der Waals surface area contributed by atoms with Crippen molar-refractivity contribution in [3.05, 3.63) is 58.2 Å². The highest BCUT2D eigenvalue weighted by Crippen LogP contribution is 2.37. The minimum absolute atomic E-state index is 0.0756. The molecule has 0 radical (unpaired) electrons. The summed E-state index contributed by atoms with van der Waals surface area (Å²) < 4.78 is 27.9. The van der Waals surface area contributed by atoms with Gasteiger partial charge in [-0.1, -0.05) is 23.2 Å². The molecule has 0 bridgehead atoms. The Balaban J connectivity index is 1.36. The number of nitrogens with two attached hydrogens (primary N) is 1. The molecule has 2 saturated heterocycles. The zero-order valence-corrected chi connectivity index (χ0v) is 19.5. The third kappa shape index (κ3) is 4.40. The zero-order chi connectivity index (χ0) is 23.1. The number of hydrogen-bond donors (Lipinski definition) is 2. The van der Waals surface area contributed by atoms with Gasteiger partial charge in [0.05, 0.1) is 30.0 Å². The molecule has 0 aliphatic carbocycles. The second kappa shape index (κ2) is 9.10. The molecule has 0 amide bonds. The quantitative estimate of drug-likeness (QED) is 0.504. The smallest absolute Gasteiger partial charge is 0.166 e. The summed E-state index contributed by atoms with van der Waals surface area (Å²) in [4.78, 5) is 4.27. The number of anilines is 1. The highest BCUT2D eigenvalue weighted by Gasteiger charge is 2.35. The van der Waals surface area contributed by atoms with Crippen LogP contribution in [0.4, 0.5) is 10.2 Å². The Bertz CT molecular complexity index is 1170. The maximum absolute atomic E-state index is 13.9. The van der Waals surface area contributed by atoms with Crippen LogP contribution in [0.3, 0.4) is 0 Å². The molecule has 0 spiro atoms. The minimum Gasteiger partial charge on any atom is -0.482 e. The Kier molecular flexibility index (Phi) is 6.18. The van der Waals surface area contributed by atoms with Gasteiger partial charge < -0.3 is 20.5 Å². The topological polar surface area (TPSA) is 87.2 Å². The number of fused-ring (bicyclic) bond motifs is 1. The third-order valence-electron chi connectivity index (χ3n) is 6.34. The van der Waals surface area contributed by atoms with Gasteiger partial charge in [0, 0.05) is 53.1 Å². The van der Waals surface area contributed by atoms with Crippen molar-refractivity contribution in [1.29, 1.82) is 0 Å². The second-order valence-electron chi connectivity index (χ2n) is 8.51. The summed E-state index contributed by atoms with van der Waals surface area (Å²) in [7, 11) is 0. The predicted molar refractivity (Wildman–Crippen MR) is 125 cm³/mol. The predicted octanol–water partition coefficient (Wildman–Crippen LogP) is 4.66. The van der Waals surface area contributed by atoms with Crippen LogP contribution in [0.2, 0.25) is 10.0 Å². The number of pyridine rings is 1. The molecule has 2 aliphatic heterocycles. The van der Waals surface area contributed by atoms with E-state index in [-0.39, 0.29) is 16.9 Å². The molecule has 10 heteroatoms. The Hall–Kier alpha value is -2.39. The maximum atomic E-state index is 13.9. The first-order chi connectivity index (χ1) is 15.9. The minimum atomic E-state index is -0.643. The average Bonchev–Trinajstić information content (AvgIpc) is 3.47. The number of rotatable bonds is 5. The lowest BCUT2D eigenvalue weighted by Crippen LogP contribution is -2.34. The van der Waals surface area contributed by atoms with Crippen LogP contribution in [0.1, 0.15) is 31.1 Å². The van der Waals surface area contributed by atoms with Crippen molar-refractivity contribution in [3.63, 3.8) is 0 Å². The fourth-order valence-electron chi connectivity index (χ4n) is 4.53. The van der Waals surface area contributed by atoms with Crippen LogP contribution < -0.4 is 15.8 Å². The molecule has 3 unspecified atom stereocenters. The van der Waals surface area contributed by atoms with Gasteiger partial charge in [0.1, 0.15) is 11.9 Å². The number of nitrogen functional groups attached to an aromatic ring is 1. The normalized spacial score (nSPS) is 23.3. The zero-order valence-electron chi connectivity index (χ0n) is 18.0. The van der Waals surface area contributed by atoms with Gasteiger partial charge in [-0.2, -0.15) is 5.10 Å². The van der Waals surface area contributed by atoms with Crippen LogP contribution in [-0.4, -0.2) is 40.6 Å². The van der Waals surface area contributed by atoms with E-state index in [9.17, 15) is 4.39 Å². The molecule has 2 aliphatic rings.